The van der Waals surface area contributed by atoms with Crippen LogP contribution in [0.4, 0.5) is 0 Å². The summed E-state index contributed by atoms with van der Waals surface area (Å²) < 4.78 is 23.1. The van der Waals surface area contributed by atoms with Gasteiger partial charge in [0.1, 0.15) is 0 Å². The van der Waals surface area contributed by atoms with Crippen molar-refractivity contribution in [3.05, 3.63) is 29.8 Å². The summed E-state index contributed by atoms with van der Waals surface area (Å²) >= 11 is 1.41. The van der Waals surface area contributed by atoms with E-state index in [1.807, 2.05) is 0 Å². The van der Waals surface area contributed by atoms with E-state index >= 15 is 0 Å². The summed E-state index contributed by atoms with van der Waals surface area (Å²) in [5, 5.41) is 8.38. The highest BCUT2D eigenvalue weighted by atomic mass is 32.2. The van der Waals surface area contributed by atoms with Crippen LogP contribution < -0.4 is 0 Å². The third-order valence-corrected chi connectivity index (χ3v) is 5.94. The monoisotopic (exact) mass is 288 g/mol. The van der Waals surface area contributed by atoms with Gasteiger partial charge < -0.3 is 5.11 Å². The minimum Gasteiger partial charge on any atom is -0.478 e. The number of benzene rings is 1. The Balaban J connectivity index is 2.52. The van der Waals surface area contributed by atoms with Crippen LogP contribution in [0.1, 0.15) is 24.2 Å². The molecule has 0 aliphatic heterocycles. The lowest BCUT2D eigenvalue weighted by atomic mass is 10.2. The predicted molar refractivity (Wildman–Crippen MR) is 73.0 cm³/mol. The van der Waals surface area contributed by atoms with E-state index in [4.69, 9.17) is 5.11 Å². The summed E-state index contributed by atoms with van der Waals surface area (Å²) in [6.07, 6.45) is 0. The van der Waals surface area contributed by atoms with Crippen molar-refractivity contribution in [3.8, 4) is 0 Å². The van der Waals surface area contributed by atoms with Crippen LogP contribution in [-0.4, -0.2) is 36.2 Å². The largest absolute Gasteiger partial charge is 0.478 e. The molecule has 0 heterocycles. The molecule has 0 amide bonds. The average Bonchev–Trinajstić information content (AvgIpc) is 2.29. The van der Waals surface area contributed by atoms with Crippen molar-refractivity contribution < 1.29 is 18.3 Å². The predicted octanol–water partition coefficient (Wildman–Crippen LogP) is 2.30. The Morgan fingerprint density at radius 2 is 1.83 bits per heavy atom. The minimum atomic E-state index is -3.00. The lowest BCUT2D eigenvalue weighted by molar-refractivity contribution is 0.0697. The van der Waals surface area contributed by atoms with Crippen LogP contribution in [0.2, 0.25) is 0 Å². The van der Waals surface area contributed by atoms with Crippen LogP contribution in [0.15, 0.2) is 29.2 Å². The fourth-order valence-corrected chi connectivity index (χ4v) is 3.50. The molecular formula is C12H16O4S2. The Labute approximate surface area is 111 Å². The fraction of sp³-hybridized carbons (Fsp3) is 0.417. The van der Waals surface area contributed by atoms with Crippen LogP contribution in [0, 0.1) is 0 Å². The van der Waals surface area contributed by atoms with Crippen LogP contribution in [0.3, 0.4) is 0 Å². The van der Waals surface area contributed by atoms with Crippen molar-refractivity contribution in [1.82, 2.24) is 0 Å². The second kappa shape index (κ2) is 6.24. The second-order valence-electron chi connectivity index (χ2n) is 4.09. The van der Waals surface area contributed by atoms with Gasteiger partial charge in [-0.3, -0.25) is 0 Å². The van der Waals surface area contributed by atoms with Gasteiger partial charge >= 0.3 is 5.97 Å². The average molecular weight is 288 g/mol. The molecule has 18 heavy (non-hydrogen) atoms. The summed E-state index contributed by atoms with van der Waals surface area (Å²) in [5.74, 6) is -0.350. The van der Waals surface area contributed by atoms with Crippen molar-refractivity contribution in [2.75, 3.05) is 11.5 Å². The van der Waals surface area contributed by atoms with E-state index in [-0.39, 0.29) is 16.6 Å². The zero-order chi connectivity index (χ0) is 13.8. The minimum absolute atomic E-state index is 0.135. The van der Waals surface area contributed by atoms with Crippen molar-refractivity contribution in [3.63, 3.8) is 0 Å². The Morgan fingerprint density at radius 3 is 2.28 bits per heavy atom. The summed E-state index contributed by atoms with van der Waals surface area (Å²) in [7, 11) is -3.00. The molecule has 1 aromatic carbocycles. The highest BCUT2D eigenvalue weighted by molar-refractivity contribution is 8.00. The van der Waals surface area contributed by atoms with Crippen LogP contribution in [0.5, 0.6) is 0 Å². The maximum atomic E-state index is 11.6. The number of rotatable bonds is 6. The lowest BCUT2D eigenvalue weighted by Crippen LogP contribution is -2.18. The van der Waals surface area contributed by atoms with Gasteiger partial charge in [0.25, 0.3) is 0 Å². The number of sulfone groups is 1. The third-order valence-electron chi connectivity index (χ3n) is 2.46. The van der Waals surface area contributed by atoms with Gasteiger partial charge in [0.05, 0.1) is 16.6 Å². The molecule has 1 rings (SSSR count). The number of thioether (sulfide) groups is 1. The van der Waals surface area contributed by atoms with E-state index in [9.17, 15) is 13.2 Å². The van der Waals surface area contributed by atoms with Crippen LogP contribution in [-0.2, 0) is 9.84 Å². The molecule has 0 aromatic heterocycles. The first-order chi connectivity index (χ1) is 8.33. The lowest BCUT2D eigenvalue weighted by Gasteiger charge is -2.07. The molecule has 4 nitrogen and oxygen atoms in total. The molecule has 0 aliphatic rings. The van der Waals surface area contributed by atoms with Crippen molar-refractivity contribution >= 4 is 27.6 Å². The fourth-order valence-electron chi connectivity index (χ4n) is 1.21. The van der Waals surface area contributed by atoms with Gasteiger partial charge in [0.15, 0.2) is 9.84 Å². The zero-order valence-corrected chi connectivity index (χ0v) is 11.9. The molecule has 0 saturated heterocycles. The molecule has 0 unspecified atom stereocenters. The van der Waals surface area contributed by atoms with E-state index < -0.39 is 15.8 Å². The van der Waals surface area contributed by atoms with Gasteiger partial charge in [-0.1, -0.05) is 0 Å². The first kappa shape index (κ1) is 15.0. The maximum Gasteiger partial charge on any atom is 0.335 e. The van der Waals surface area contributed by atoms with E-state index in [0.29, 0.717) is 5.75 Å². The smallest absolute Gasteiger partial charge is 0.335 e. The molecule has 0 atom stereocenters. The molecule has 0 bridgehead atoms. The van der Waals surface area contributed by atoms with Gasteiger partial charge in [0.2, 0.25) is 0 Å². The molecule has 100 valence electrons. The van der Waals surface area contributed by atoms with Gasteiger partial charge in [-0.15, -0.1) is 11.8 Å². The number of carbonyl (C=O) groups is 1. The number of hydrogen-bond donors (Lipinski definition) is 1. The summed E-state index contributed by atoms with van der Waals surface area (Å²) in [6, 6.07) is 6.41. The third kappa shape index (κ3) is 4.34. The quantitative estimate of drug-likeness (QED) is 0.813. The molecule has 1 aromatic rings. The van der Waals surface area contributed by atoms with E-state index in [1.165, 1.54) is 23.9 Å². The number of hydrogen-bond acceptors (Lipinski definition) is 4. The van der Waals surface area contributed by atoms with Crippen LogP contribution >= 0.6 is 11.8 Å². The van der Waals surface area contributed by atoms with E-state index in [0.717, 1.165) is 4.90 Å². The summed E-state index contributed by atoms with van der Waals surface area (Å²) in [5.41, 5.74) is 0.231. The molecule has 1 N–H and O–H groups in total. The van der Waals surface area contributed by atoms with E-state index in [2.05, 4.69) is 0 Å². The number of carboxylic acids is 1. The maximum absolute atomic E-state index is 11.6. The Bertz CT molecular complexity index is 503. The van der Waals surface area contributed by atoms with Crippen molar-refractivity contribution in [2.24, 2.45) is 0 Å². The Hall–Kier alpha value is -1.01. The number of aromatic carboxylic acids is 1. The highest BCUT2D eigenvalue weighted by Crippen LogP contribution is 2.19. The first-order valence-corrected chi connectivity index (χ1v) is 8.21. The number of carboxylic acid groups (broad SMARTS) is 1. The Morgan fingerprint density at radius 1 is 1.28 bits per heavy atom. The van der Waals surface area contributed by atoms with Gasteiger partial charge in [0, 0.05) is 10.6 Å². The van der Waals surface area contributed by atoms with Crippen molar-refractivity contribution in [2.45, 2.75) is 24.0 Å². The molecule has 6 heteroatoms. The SMILES string of the molecule is CC(C)S(=O)(=O)CCSc1ccc(C(=O)O)cc1. The second-order valence-corrected chi connectivity index (χ2v) is 7.94. The van der Waals surface area contributed by atoms with Gasteiger partial charge in [-0.05, 0) is 38.1 Å². The highest BCUT2D eigenvalue weighted by Gasteiger charge is 2.15. The zero-order valence-electron chi connectivity index (χ0n) is 10.3. The van der Waals surface area contributed by atoms with Gasteiger partial charge in [-0.25, -0.2) is 13.2 Å². The summed E-state index contributed by atoms with van der Waals surface area (Å²) in [4.78, 5) is 11.5. The Kier molecular flexibility index (Phi) is 5.22. The summed E-state index contributed by atoms with van der Waals surface area (Å²) in [6.45, 7) is 3.34. The molecule has 0 spiro atoms. The molecule has 0 radical (unpaired) electrons. The molecule has 0 saturated carbocycles. The van der Waals surface area contributed by atoms with Gasteiger partial charge in [-0.2, -0.15) is 0 Å². The van der Waals surface area contributed by atoms with Crippen molar-refractivity contribution in [1.29, 1.82) is 0 Å². The molecule has 0 fully saturated rings. The topological polar surface area (TPSA) is 71.4 Å². The normalized spacial score (nSPS) is 11.7. The van der Waals surface area contributed by atoms with Crippen LogP contribution in [0.25, 0.3) is 0 Å². The molecule has 0 aliphatic carbocycles. The standard InChI is InChI=1S/C12H16O4S2/c1-9(2)18(15,16)8-7-17-11-5-3-10(4-6-11)12(13)14/h3-6,9H,7-8H2,1-2H3,(H,13,14). The molecular weight excluding hydrogens is 272 g/mol. The van der Waals surface area contributed by atoms with E-state index in [1.54, 1.807) is 26.0 Å². The first-order valence-electron chi connectivity index (χ1n) is 5.50.